The predicted molar refractivity (Wildman–Crippen MR) is 314 cm³/mol. The average molecular weight is 943 g/mol. The lowest BCUT2D eigenvalue weighted by Gasteiger charge is -2.27. The first kappa shape index (κ1) is 44.2. The molecule has 1 heterocycles. The molecule has 12 aromatic carbocycles. The standard InChI is InChI=1S/C72H50N2/c1-5-20-51(21-6-1)52-38-40-53(41-39-52)54-42-45-61(46-43-54)73(62-30-17-26-57(48-62)58-44-47-71-69(50-58)67-33-15-16-37-70(67)74(71)60-28-11-4-12-29-60)63-31-18-27-59(49-63)66-36-19-35-65(56-24-9-3-10-25-56)72(66)68-34-14-13-32-64(68)55-22-7-2-8-23-55/h1-50H. The molecule has 74 heavy (non-hydrogen) atoms. The van der Waals surface area contributed by atoms with Crippen LogP contribution in [-0.4, -0.2) is 4.57 Å². The van der Waals surface area contributed by atoms with Gasteiger partial charge in [0.25, 0.3) is 0 Å². The summed E-state index contributed by atoms with van der Waals surface area (Å²) in [6.45, 7) is 0. The fourth-order valence-electron chi connectivity index (χ4n) is 10.9. The second kappa shape index (κ2) is 19.4. The van der Waals surface area contributed by atoms with E-state index in [1.165, 1.54) is 83.0 Å². The molecule has 13 rings (SSSR count). The highest BCUT2D eigenvalue weighted by molar-refractivity contribution is 6.10. The van der Waals surface area contributed by atoms with Gasteiger partial charge in [0, 0.05) is 33.5 Å². The summed E-state index contributed by atoms with van der Waals surface area (Å²) in [6.07, 6.45) is 0. The SMILES string of the molecule is c1ccc(-c2ccc(-c3ccc(N(c4cccc(-c5ccc6c(c5)c5ccccc5n6-c5ccccc5)c4)c4cccc(-c5cccc(-c6ccccc6)c5-c5ccccc5-c5ccccc5)c4)cc3)cc2)cc1. The number of hydrogen-bond donors (Lipinski definition) is 0. The summed E-state index contributed by atoms with van der Waals surface area (Å²) in [5, 5.41) is 2.46. The van der Waals surface area contributed by atoms with Crippen LogP contribution < -0.4 is 4.90 Å². The molecule has 0 aliphatic carbocycles. The van der Waals surface area contributed by atoms with Gasteiger partial charge in [-0.15, -0.1) is 0 Å². The Labute approximate surface area is 433 Å². The van der Waals surface area contributed by atoms with Crippen molar-refractivity contribution in [3.63, 3.8) is 0 Å². The van der Waals surface area contributed by atoms with Gasteiger partial charge in [-0.25, -0.2) is 0 Å². The summed E-state index contributed by atoms with van der Waals surface area (Å²) in [5.41, 5.74) is 23.3. The van der Waals surface area contributed by atoms with Crippen molar-refractivity contribution in [2.45, 2.75) is 0 Å². The summed E-state index contributed by atoms with van der Waals surface area (Å²) >= 11 is 0. The Hall–Kier alpha value is -9.76. The molecule has 0 bridgehead atoms. The molecule has 0 saturated carbocycles. The zero-order valence-corrected chi connectivity index (χ0v) is 40.8. The van der Waals surface area contributed by atoms with Gasteiger partial charge in [0.2, 0.25) is 0 Å². The van der Waals surface area contributed by atoms with Crippen LogP contribution in [0.15, 0.2) is 303 Å². The largest absolute Gasteiger partial charge is 0.310 e. The third-order valence-electron chi connectivity index (χ3n) is 14.4. The molecule has 0 amide bonds. The molecule has 0 aliphatic rings. The minimum atomic E-state index is 1.06. The molecule has 0 N–H and O–H groups in total. The Bertz CT molecular complexity index is 4080. The molecule has 13 aromatic rings. The van der Waals surface area contributed by atoms with E-state index in [1.54, 1.807) is 0 Å². The molecule has 0 atom stereocenters. The van der Waals surface area contributed by atoms with Crippen LogP contribution in [-0.2, 0) is 0 Å². The third-order valence-corrected chi connectivity index (χ3v) is 14.4. The van der Waals surface area contributed by atoms with Gasteiger partial charge < -0.3 is 9.47 Å². The molecule has 0 unspecified atom stereocenters. The highest BCUT2D eigenvalue weighted by atomic mass is 15.1. The zero-order chi connectivity index (χ0) is 49.2. The van der Waals surface area contributed by atoms with Crippen molar-refractivity contribution in [2.75, 3.05) is 4.90 Å². The second-order valence-corrected chi connectivity index (χ2v) is 18.9. The maximum Gasteiger partial charge on any atom is 0.0541 e. The lowest BCUT2D eigenvalue weighted by atomic mass is 9.84. The molecule has 2 heteroatoms. The van der Waals surface area contributed by atoms with Crippen molar-refractivity contribution < 1.29 is 0 Å². The van der Waals surface area contributed by atoms with E-state index in [0.717, 1.165) is 39.4 Å². The van der Waals surface area contributed by atoms with Crippen LogP contribution in [0.4, 0.5) is 17.1 Å². The van der Waals surface area contributed by atoms with Crippen LogP contribution in [0.3, 0.4) is 0 Å². The van der Waals surface area contributed by atoms with E-state index >= 15 is 0 Å². The molecule has 348 valence electrons. The number of rotatable bonds is 11. The molecular weight excluding hydrogens is 893 g/mol. The first-order valence-corrected chi connectivity index (χ1v) is 25.4. The molecule has 1 aromatic heterocycles. The van der Waals surface area contributed by atoms with E-state index in [-0.39, 0.29) is 0 Å². The number of aromatic nitrogens is 1. The minimum Gasteiger partial charge on any atom is -0.310 e. The van der Waals surface area contributed by atoms with E-state index < -0.39 is 0 Å². The number of fused-ring (bicyclic) bond motifs is 3. The summed E-state index contributed by atoms with van der Waals surface area (Å²) in [6, 6.07) is 110. The van der Waals surface area contributed by atoms with Crippen molar-refractivity contribution >= 4 is 38.9 Å². The molecule has 2 nitrogen and oxygen atoms in total. The number of anilines is 3. The summed E-state index contributed by atoms with van der Waals surface area (Å²) in [5.74, 6) is 0. The summed E-state index contributed by atoms with van der Waals surface area (Å²) < 4.78 is 2.38. The van der Waals surface area contributed by atoms with Crippen molar-refractivity contribution in [3.05, 3.63) is 303 Å². The Morgan fingerprint density at radius 2 is 0.622 bits per heavy atom. The highest BCUT2D eigenvalue weighted by Crippen LogP contribution is 2.46. The number of para-hydroxylation sites is 2. The van der Waals surface area contributed by atoms with Gasteiger partial charge in [0.05, 0.1) is 11.0 Å². The summed E-state index contributed by atoms with van der Waals surface area (Å²) in [7, 11) is 0. The fourth-order valence-corrected chi connectivity index (χ4v) is 10.9. The maximum atomic E-state index is 2.41. The molecular formula is C72H50N2. The molecule has 0 fully saturated rings. The van der Waals surface area contributed by atoms with E-state index in [1.807, 2.05) is 0 Å². The number of hydrogen-bond acceptors (Lipinski definition) is 1. The van der Waals surface area contributed by atoms with Crippen LogP contribution >= 0.6 is 0 Å². The lowest BCUT2D eigenvalue weighted by Crippen LogP contribution is -2.10. The fraction of sp³-hybridized carbons (Fsp3) is 0. The Kier molecular flexibility index (Phi) is 11.6. The lowest BCUT2D eigenvalue weighted by molar-refractivity contribution is 1.18. The first-order valence-electron chi connectivity index (χ1n) is 25.4. The van der Waals surface area contributed by atoms with Gasteiger partial charge in [0.15, 0.2) is 0 Å². The van der Waals surface area contributed by atoms with E-state index in [0.29, 0.717) is 0 Å². The van der Waals surface area contributed by atoms with Crippen LogP contribution in [0.5, 0.6) is 0 Å². The Balaban J connectivity index is 0.955. The monoisotopic (exact) mass is 942 g/mol. The van der Waals surface area contributed by atoms with Gasteiger partial charge in [-0.05, 0) is 145 Å². The first-order chi connectivity index (χ1) is 36.7. The van der Waals surface area contributed by atoms with Crippen molar-refractivity contribution in [1.29, 1.82) is 0 Å². The van der Waals surface area contributed by atoms with Gasteiger partial charge in [-0.1, -0.05) is 237 Å². The van der Waals surface area contributed by atoms with Crippen molar-refractivity contribution in [1.82, 2.24) is 4.57 Å². The van der Waals surface area contributed by atoms with Crippen molar-refractivity contribution in [3.8, 4) is 83.6 Å². The molecule has 0 spiro atoms. The van der Waals surface area contributed by atoms with E-state index in [4.69, 9.17) is 0 Å². The van der Waals surface area contributed by atoms with Crippen LogP contribution in [0.1, 0.15) is 0 Å². The van der Waals surface area contributed by atoms with Crippen LogP contribution in [0.2, 0.25) is 0 Å². The molecule has 0 radical (unpaired) electrons. The normalized spacial score (nSPS) is 11.2. The quantitative estimate of drug-likeness (QED) is 0.125. The topological polar surface area (TPSA) is 8.17 Å². The molecule has 0 aliphatic heterocycles. The van der Waals surface area contributed by atoms with Gasteiger partial charge in [-0.2, -0.15) is 0 Å². The third kappa shape index (κ3) is 8.35. The van der Waals surface area contributed by atoms with Crippen LogP contribution in [0, 0.1) is 0 Å². The Morgan fingerprint density at radius 1 is 0.216 bits per heavy atom. The second-order valence-electron chi connectivity index (χ2n) is 18.9. The van der Waals surface area contributed by atoms with Crippen LogP contribution in [0.25, 0.3) is 105 Å². The maximum absolute atomic E-state index is 2.41. The smallest absolute Gasteiger partial charge is 0.0541 e. The Morgan fingerprint density at radius 3 is 1.27 bits per heavy atom. The average Bonchev–Trinajstić information content (AvgIpc) is 3.83. The minimum absolute atomic E-state index is 1.06. The number of nitrogens with zero attached hydrogens (tertiary/aromatic N) is 2. The number of benzene rings is 12. The predicted octanol–water partition coefficient (Wildman–Crippen LogP) is 19.9. The highest BCUT2D eigenvalue weighted by Gasteiger charge is 2.21. The van der Waals surface area contributed by atoms with Gasteiger partial charge in [-0.3, -0.25) is 0 Å². The zero-order valence-electron chi connectivity index (χ0n) is 40.8. The summed E-state index contributed by atoms with van der Waals surface area (Å²) in [4.78, 5) is 2.41. The van der Waals surface area contributed by atoms with Gasteiger partial charge in [0.1, 0.15) is 0 Å². The van der Waals surface area contributed by atoms with E-state index in [2.05, 4.69) is 313 Å². The molecule has 0 saturated heterocycles. The van der Waals surface area contributed by atoms with E-state index in [9.17, 15) is 0 Å². The van der Waals surface area contributed by atoms with Crippen molar-refractivity contribution in [2.24, 2.45) is 0 Å². The van der Waals surface area contributed by atoms with Gasteiger partial charge >= 0.3 is 0 Å².